The average molecular weight is 280 g/mol. The highest BCUT2D eigenvalue weighted by Crippen LogP contribution is 2.30. The van der Waals surface area contributed by atoms with Gasteiger partial charge in [-0.3, -0.25) is 0 Å². The lowest BCUT2D eigenvalue weighted by molar-refractivity contribution is 0.0285. The van der Waals surface area contributed by atoms with Gasteiger partial charge in [0.05, 0.1) is 12.5 Å². The Hall–Kier alpha value is -1.49. The Kier molecular flexibility index (Phi) is 4.38. The molecular formula is C15H24N2O3. The molecule has 0 bridgehead atoms. The maximum absolute atomic E-state index is 12.1. The third-order valence-electron chi connectivity index (χ3n) is 3.56. The van der Waals surface area contributed by atoms with E-state index < -0.39 is 5.60 Å². The van der Waals surface area contributed by atoms with Crippen molar-refractivity contribution < 1.29 is 13.9 Å². The van der Waals surface area contributed by atoms with Crippen LogP contribution in [0, 0.1) is 5.92 Å². The van der Waals surface area contributed by atoms with Crippen molar-refractivity contribution in [1.82, 2.24) is 10.2 Å². The van der Waals surface area contributed by atoms with E-state index in [-0.39, 0.29) is 12.1 Å². The summed E-state index contributed by atoms with van der Waals surface area (Å²) in [4.78, 5) is 13.9. The molecule has 1 fully saturated rings. The predicted molar refractivity (Wildman–Crippen MR) is 76.4 cm³/mol. The lowest BCUT2D eigenvalue weighted by Gasteiger charge is -2.25. The van der Waals surface area contributed by atoms with Gasteiger partial charge in [-0.15, -0.1) is 0 Å². The first-order valence-electron chi connectivity index (χ1n) is 7.08. The Morgan fingerprint density at radius 3 is 2.85 bits per heavy atom. The van der Waals surface area contributed by atoms with Gasteiger partial charge in [-0.05, 0) is 46.2 Å². The fourth-order valence-electron chi connectivity index (χ4n) is 2.68. The monoisotopic (exact) mass is 280 g/mol. The van der Waals surface area contributed by atoms with Crippen LogP contribution in [0.1, 0.15) is 38.8 Å². The average Bonchev–Trinajstić information content (AvgIpc) is 2.98. The summed E-state index contributed by atoms with van der Waals surface area (Å²) in [5.41, 5.74) is 0.686. The molecular weight excluding hydrogens is 256 g/mol. The quantitative estimate of drug-likeness (QED) is 0.925. The largest absolute Gasteiger partial charge is 0.472 e. The van der Waals surface area contributed by atoms with E-state index in [0.717, 1.165) is 18.5 Å². The second-order valence-electron chi connectivity index (χ2n) is 6.30. The first-order chi connectivity index (χ1) is 9.40. The number of rotatable bonds is 3. The number of nitrogens with zero attached hydrogens (tertiary/aromatic N) is 1. The summed E-state index contributed by atoms with van der Waals surface area (Å²) in [7, 11) is 1.94. The summed E-state index contributed by atoms with van der Waals surface area (Å²) in [5.74, 6) is 0.380. The third-order valence-corrected chi connectivity index (χ3v) is 3.56. The molecule has 0 spiro atoms. The molecule has 1 aliphatic rings. The Labute approximate surface area is 120 Å². The van der Waals surface area contributed by atoms with Crippen molar-refractivity contribution in [2.24, 2.45) is 5.92 Å². The molecule has 5 nitrogen and oxygen atoms in total. The molecule has 1 saturated heterocycles. The first-order valence-corrected chi connectivity index (χ1v) is 7.08. The molecule has 5 heteroatoms. The van der Waals surface area contributed by atoms with Crippen LogP contribution in [0.15, 0.2) is 23.0 Å². The number of amides is 1. The van der Waals surface area contributed by atoms with Gasteiger partial charge in [0, 0.05) is 24.7 Å². The van der Waals surface area contributed by atoms with Crippen molar-refractivity contribution in [2.45, 2.75) is 38.8 Å². The molecule has 112 valence electrons. The zero-order valence-electron chi connectivity index (χ0n) is 12.7. The van der Waals surface area contributed by atoms with Gasteiger partial charge < -0.3 is 19.4 Å². The van der Waals surface area contributed by atoms with Crippen LogP contribution in [0.2, 0.25) is 0 Å². The minimum atomic E-state index is -0.442. The van der Waals surface area contributed by atoms with Gasteiger partial charge in [-0.2, -0.15) is 0 Å². The van der Waals surface area contributed by atoms with Gasteiger partial charge in [-0.25, -0.2) is 4.79 Å². The number of carbonyl (C=O) groups is 1. The van der Waals surface area contributed by atoms with Crippen LogP contribution in [0.3, 0.4) is 0 Å². The number of furan rings is 1. The van der Waals surface area contributed by atoms with Crippen molar-refractivity contribution in [3.8, 4) is 0 Å². The van der Waals surface area contributed by atoms with E-state index in [0.29, 0.717) is 12.5 Å². The number of likely N-dealkylation sites (tertiary alicyclic amines) is 1. The number of ether oxygens (including phenoxy) is 1. The first kappa shape index (κ1) is 14.9. The minimum absolute atomic E-state index is 0.209. The highest BCUT2D eigenvalue weighted by atomic mass is 16.6. The van der Waals surface area contributed by atoms with Gasteiger partial charge in [0.25, 0.3) is 0 Å². The van der Waals surface area contributed by atoms with Crippen LogP contribution in [-0.2, 0) is 4.74 Å². The summed E-state index contributed by atoms with van der Waals surface area (Å²) >= 11 is 0. The molecule has 2 unspecified atom stereocenters. The van der Waals surface area contributed by atoms with Crippen LogP contribution in [0.25, 0.3) is 0 Å². The minimum Gasteiger partial charge on any atom is -0.472 e. The molecule has 1 amide bonds. The number of nitrogens with one attached hydrogen (secondary N) is 1. The lowest BCUT2D eigenvalue weighted by atomic mass is 9.94. The van der Waals surface area contributed by atoms with E-state index in [2.05, 4.69) is 5.32 Å². The lowest BCUT2D eigenvalue weighted by Crippen LogP contribution is -2.36. The second kappa shape index (κ2) is 5.87. The van der Waals surface area contributed by atoms with Crippen LogP contribution >= 0.6 is 0 Å². The van der Waals surface area contributed by atoms with Crippen molar-refractivity contribution in [1.29, 1.82) is 0 Å². The Balaban J connectivity index is 1.96. The molecule has 0 aliphatic carbocycles. The van der Waals surface area contributed by atoms with Crippen LogP contribution in [-0.4, -0.2) is 36.7 Å². The molecule has 1 N–H and O–H groups in total. The third kappa shape index (κ3) is 3.54. The van der Waals surface area contributed by atoms with E-state index >= 15 is 0 Å². The summed E-state index contributed by atoms with van der Waals surface area (Å²) < 4.78 is 10.6. The summed E-state index contributed by atoms with van der Waals surface area (Å²) in [6, 6.07) is 2.18. The van der Waals surface area contributed by atoms with Gasteiger partial charge in [0.1, 0.15) is 5.60 Å². The number of carbonyl (C=O) groups excluding carboxylic acids is 1. The van der Waals surface area contributed by atoms with Crippen LogP contribution in [0.5, 0.6) is 0 Å². The molecule has 1 aromatic rings. The molecule has 0 radical (unpaired) electrons. The Bertz CT molecular complexity index is 436. The van der Waals surface area contributed by atoms with Crippen molar-refractivity contribution in [3.63, 3.8) is 0 Å². The molecule has 1 aromatic heterocycles. The Morgan fingerprint density at radius 1 is 1.55 bits per heavy atom. The maximum Gasteiger partial charge on any atom is 0.410 e. The van der Waals surface area contributed by atoms with Crippen molar-refractivity contribution in [2.75, 3.05) is 20.1 Å². The highest BCUT2D eigenvalue weighted by molar-refractivity contribution is 5.68. The normalized spacial score (nSPS) is 21.0. The van der Waals surface area contributed by atoms with E-state index in [1.807, 2.05) is 33.9 Å². The van der Waals surface area contributed by atoms with Crippen molar-refractivity contribution >= 4 is 6.09 Å². The summed E-state index contributed by atoms with van der Waals surface area (Å²) in [6.45, 7) is 7.13. The summed E-state index contributed by atoms with van der Waals surface area (Å²) in [5, 5.41) is 3.32. The molecule has 0 saturated carbocycles. The van der Waals surface area contributed by atoms with Crippen LogP contribution < -0.4 is 5.32 Å². The topological polar surface area (TPSA) is 54.7 Å². The molecule has 0 aromatic carbocycles. The highest BCUT2D eigenvalue weighted by Gasteiger charge is 2.34. The number of hydrogen-bond acceptors (Lipinski definition) is 4. The van der Waals surface area contributed by atoms with E-state index in [9.17, 15) is 4.79 Å². The van der Waals surface area contributed by atoms with E-state index in [1.165, 1.54) is 0 Å². The molecule has 2 rings (SSSR count). The standard InChI is InChI=1S/C15H24N2O3/c1-15(2,3)20-14(18)17-7-5-11(9-17)13(16-4)12-6-8-19-10-12/h6,8,10-11,13,16H,5,7,9H2,1-4H3. The fraction of sp³-hybridized carbons (Fsp3) is 0.667. The SMILES string of the molecule is CNC(c1ccoc1)C1CCN(C(=O)OC(C)(C)C)C1. The fourth-order valence-corrected chi connectivity index (χ4v) is 2.68. The smallest absolute Gasteiger partial charge is 0.410 e. The predicted octanol–water partition coefficient (Wildman–Crippen LogP) is 2.80. The van der Waals surface area contributed by atoms with Crippen molar-refractivity contribution in [3.05, 3.63) is 24.2 Å². The number of hydrogen-bond donors (Lipinski definition) is 1. The van der Waals surface area contributed by atoms with Crippen LogP contribution in [0.4, 0.5) is 4.79 Å². The van der Waals surface area contributed by atoms with E-state index in [1.54, 1.807) is 17.4 Å². The maximum atomic E-state index is 12.1. The zero-order chi connectivity index (χ0) is 14.8. The molecule has 1 aliphatic heterocycles. The molecule has 2 atom stereocenters. The molecule has 20 heavy (non-hydrogen) atoms. The van der Waals surface area contributed by atoms with Gasteiger partial charge in [0.15, 0.2) is 0 Å². The van der Waals surface area contributed by atoms with E-state index in [4.69, 9.17) is 9.15 Å². The van der Waals surface area contributed by atoms with Gasteiger partial charge >= 0.3 is 6.09 Å². The Morgan fingerprint density at radius 2 is 2.30 bits per heavy atom. The summed E-state index contributed by atoms with van der Waals surface area (Å²) in [6.07, 6.45) is 4.19. The second-order valence-corrected chi connectivity index (χ2v) is 6.30. The van der Waals surface area contributed by atoms with Gasteiger partial charge in [-0.1, -0.05) is 0 Å². The van der Waals surface area contributed by atoms with Gasteiger partial charge in [0.2, 0.25) is 0 Å². The molecule has 2 heterocycles. The zero-order valence-corrected chi connectivity index (χ0v) is 12.7.